The Hall–Kier alpha value is -1.54. The van der Waals surface area contributed by atoms with Gasteiger partial charge < -0.3 is 10.4 Å². The average Bonchev–Trinajstić information content (AvgIpc) is 2.44. The summed E-state index contributed by atoms with van der Waals surface area (Å²) in [7, 11) is 0. The molecule has 0 aromatic heterocycles. The lowest BCUT2D eigenvalue weighted by molar-refractivity contribution is 0.0915. The molecule has 0 saturated carbocycles. The van der Waals surface area contributed by atoms with E-state index in [9.17, 15) is 18.7 Å². The molecule has 1 unspecified atom stereocenters. The zero-order valence-corrected chi connectivity index (χ0v) is 13.0. The predicted octanol–water partition coefficient (Wildman–Crippen LogP) is 3.03. The van der Waals surface area contributed by atoms with E-state index in [4.69, 9.17) is 0 Å². The Morgan fingerprint density at radius 1 is 1.19 bits per heavy atom. The maximum atomic E-state index is 13.0. The number of nitrogens with one attached hydrogen (secondary N) is 1. The van der Waals surface area contributed by atoms with Gasteiger partial charge in [-0.3, -0.25) is 4.79 Å². The monoisotopic (exact) mass is 403 g/mol. The highest BCUT2D eigenvalue weighted by Gasteiger charge is 2.13. The zero-order valence-electron chi connectivity index (χ0n) is 10.8. The topological polar surface area (TPSA) is 49.3 Å². The van der Waals surface area contributed by atoms with Crippen molar-refractivity contribution < 1.29 is 18.7 Å². The number of hydrogen-bond acceptors (Lipinski definition) is 2. The number of carbonyl (C=O) groups excluding carboxylic acids is 1. The van der Waals surface area contributed by atoms with E-state index in [2.05, 4.69) is 5.32 Å². The number of carbonyl (C=O) groups is 1. The fourth-order valence-corrected chi connectivity index (χ4v) is 2.51. The Morgan fingerprint density at radius 2 is 1.90 bits per heavy atom. The minimum Gasteiger partial charge on any atom is -0.387 e. The van der Waals surface area contributed by atoms with Crippen LogP contribution in [0.2, 0.25) is 0 Å². The highest BCUT2D eigenvalue weighted by Crippen LogP contribution is 2.15. The zero-order chi connectivity index (χ0) is 15.4. The first kappa shape index (κ1) is 15.8. The fraction of sp³-hybridized carbons (Fsp3) is 0.133. The first-order valence-electron chi connectivity index (χ1n) is 6.14. The van der Waals surface area contributed by atoms with Crippen LogP contribution in [0.15, 0.2) is 42.5 Å². The Kier molecular flexibility index (Phi) is 5.24. The summed E-state index contributed by atoms with van der Waals surface area (Å²) in [5.41, 5.74) is 0.701. The molecule has 1 atom stereocenters. The van der Waals surface area contributed by atoms with Gasteiger partial charge >= 0.3 is 0 Å². The van der Waals surface area contributed by atoms with Crippen LogP contribution in [0.25, 0.3) is 0 Å². The second kappa shape index (κ2) is 6.95. The molecule has 21 heavy (non-hydrogen) atoms. The van der Waals surface area contributed by atoms with Crippen LogP contribution in [0, 0.1) is 15.2 Å². The van der Waals surface area contributed by atoms with Gasteiger partial charge in [0.05, 0.1) is 11.7 Å². The van der Waals surface area contributed by atoms with E-state index in [0.29, 0.717) is 14.7 Å². The van der Waals surface area contributed by atoms with E-state index in [0.717, 1.165) is 0 Å². The largest absolute Gasteiger partial charge is 0.387 e. The van der Waals surface area contributed by atoms with Crippen molar-refractivity contribution in [2.75, 3.05) is 6.54 Å². The van der Waals surface area contributed by atoms with Crippen LogP contribution in [0.5, 0.6) is 0 Å². The number of hydrogen-bond donors (Lipinski definition) is 2. The maximum absolute atomic E-state index is 13.0. The number of amides is 1. The van der Waals surface area contributed by atoms with Gasteiger partial charge in [-0.15, -0.1) is 0 Å². The predicted molar refractivity (Wildman–Crippen MR) is 82.8 cm³/mol. The third kappa shape index (κ3) is 4.21. The van der Waals surface area contributed by atoms with E-state index in [1.807, 2.05) is 22.6 Å². The van der Waals surface area contributed by atoms with E-state index < -0.39 is 23.6 Å². The summed E-state index contributed by atoms with van der Waals surface area (Å²) in [5, 5.41) is 12.4. The van der Waals surface area contributed by atoms with Gasteiger partial charge in [0.15, 0.2) is 0 Å². The van der Waals surface area contributed by atoms with Gasteiger partial charge in [-0.05, 0) is 58.5 Å². The van der Waals surface area contributed by atoms with Crippen molar-refractivity contribution in [1.29, 1.82) is 0 Å². The molecular formula is C15H12F2INO2. The van der Waals surface area contributed by atoms with Crippen molar-refractivity contribution >= 4 is 28.5 Å². The minimum absolute atomic E-state index is 0.0598. The first-order chi connectivity index (χ1) is 9.97. The molecule has 0 aliphatic rings. The standard InChI is InChI=1S/C15H12F2INO2/c16-10-3-1-2-9(6-10)14(20)8-19-15(21)12-5-4-11(17)7-13(12)18/h1-7,14,20H,8H2,(H,19,21). The van der Waals surface area contributed by atoms with Crippen molar-refractivity contribution in [2.24, 2.45) is 0 Å². The molecule has 0 heterocycles. The second-order valence-electron chi connectivity index (χ2n) is 4.40. The molecule has 0 bridgehead atoms. The number of benzene rings is 2. The van der Waals surface area contributed by atoms with Gasteiger partial charge in [-0.2, -0.15) is 0 Å². The van der Waals surface area contributed by atoms with Crippen molar-refractivity contribution in [2.45, 2.75) is 6.10 Å². The van der Waals surface area contributed by atoms with Gasteiger partial charge in [-0.25, -0.2) is 8.78 Å². The highest BCUT2D eigenvalue weighted by molar-refractivity contribution is 14.1. The van der Waals surface area contributed by atoms with Crippen molar-refractivity contribution in [3.8, 4) is 0 Å². The molecule has 1 amide bonds. The van der Waals surface area contributed by atoms with E-state index in [1.165, 1.54) is 36.4 Å². The smallest absolute Gasteiger partial charge is 0.252 e. The van der Waals surface area contributed by atoms with Crippen LogP contribution in [-0.4, -0.2) is 17.6 Å². The van der Waals surface area contributed by atoms with Gasteiger partial charge in [0.2, 0.25) is 0 Å². The quantitative estimate of drug-likeness (QED) is 0.772. The summed E-state index contributed by atoms with van der Waals surface area (Å²) in [6, 6.07) is 9.36. The molecule has 0 spiro atoms. The van der Waals surface area contributed by atoms with Crippen LogP contribution in [0.1, 0.15) is 22.0 Å². The Morgan fingerprint density at radius 3 is 2.57 bits per heavy atom. The van der Waals surface area contributed by atoms with Gasteiger partial charge in [0.1, 0.15) is 11.6 Å². The molecule has 0 aliphatic carbocycles. The molecule has 0 saturated heterocycles. The lowest BCUT2D eigenvalue weighted by Crippen LogP contribution is -2.29. The molecule has 110 valence electrons. The van der Waals surface area contributed by atoms with Gasteiger partial charge in [0.25, 0.3) is 5.91 Å². The molecule has 3 nitrogen and oxygen atoms in total. The summed E-state index contributed by atoms with van der Waals surface area (Å²) >= 11 is 1.86. The Bertz CT molecular complexity index is 664. The summed E-state index contributed by atoms with van der Waals surface area (Å²) in [6.07, 6.45) is -1.01. The van der Waals surface area contributed by atoms with E-state index >= 15 is 0 Å². The number of aliphatic hydroxyl groups excluding tert-OH is 1. The van der Waals surface area contributed by atoms with Gasteiger partial charge in [-0.1, -0.05) is 12.1 Å². The molecule has 0 fully saturated rings. The van der Waals surface area contributed by atoms with Crippen molar-refractivity contribution in [3.05, 3.63) is 68.8 Å². The second-order valence-corrected chi connectivity index (χ2v) is 5.57. The molecule has 6 heteroatoms. The summed E-state index contributed by atoms with van der Waals surface area (Å²) in [6.45, 7) is -0.0598. The Labute approximate surface area is 134 Å². The maximum Gasteiger partial charge on any atom is 0.252 e. The number of aliphatic hydroxyl groups is 1. The number of halogens is 3. The minimum atomic E-state index is -1.01. The van der Waals surface area contributed by atoms with Gasteiger partial charge in [0, 0.05) is 10.1 Å². The summed E-state index contributed by atoms with van der Waals surface area (Å²) in [4.78, 5) is 12.0. The SMILES string of the molecule is O=C(NCC(O)c1cccc(F)c1)c1ccc(F)cc1I. The van der Waals surface area contributed by atoms with Crippen LogP contribution in [0.4, 0.5) is 8.78 Å². The fourth-order valence-electron chi connectivity index (χ4n) is 1.79. The van der Waals surface area contributed by atoms with E-state index in [1.54, 1.807) is 6.07 Å². The summed E-state index contributed by atoms with van der Waals surface area (Å²) < 4.78 is 26.5. The normalized spacial score (nSPS) is 12.0. The molecule has 0 radical (unpaired) electrons. The first-order valence-corrected chi connectivity index (χ1v) is 7.22. The average molecular weight is 403 g/mol. The van der Waals surface area contributed by atoms with Crippen LogP contribution in [0.3, 0.4) is 0 Å². The van der Waals surface area contributed by atoms with Crippen LogP contribution < -0.4 is 5.32 Å². The summed E-state index contributed by atoms with van der Waals surface area (Å²) in [5.74, 6) is -1.29. The molecule has 2 N–H and O–H groups in total. The molecule has 2 aromatic rings. The molecule has 2 aromatic carbocycles. The highest BCUT2D eigenvalue weighted by atomic mass is 127. The third-order valence-electron chi connectivity index (χ3n) is 2.87. The molecule has 0 aliphatic heterocycles. The van der Waals surface area contributed by atoms with Crippen molar-refractivity contribution in [3.63, 3.8) is 0 Å². The van der Waals surface area contributed by atoms with E-state index in [-0.39, 0.29) is 6.54 Å². The Balaban J connectivity index is 2.00. The van der Waals surface area contributed by atoms with Crippen molar-refractivity contribution in [1.82, 2.24) is 5.32 Å². The number of rotatable bonds is 4. The molecule has 2 rings (SSSR count). The third-order valence-corrected chi connectivity index (χ3v) is 3.76. The lowest BCUT2D eigenvalue weighted by Gasteiger charge is -2.13. The lowest BCUT2D eigenvalue weighted by atomic mass is 10.1. The van der Waals surface area contributed by atoms with Crippen LogP contribution in [-0.2, 0) is 0 Å². The molecular weight excluding hydrogens is 391 g/mol. The van der Waals surface area contributed by atoms with Crippen LogP contribution >= 0.6 is 22.6 Å².